The van der Waals surface area contributed by atoms with Crippen LogP contribution in [0.4, 0.5) is 0 Å². The van der Waals surface area contributed by atoms with Crippen molar-refractivity contribution in [3.8, 4) is 5.75 Å². The van der Waals surface area contributed by atoms with Crippen molar-refractivity contribution in [3.05, 3.63) is 58.7 Å². The van der Waals surface area contributed by atoms with Gasteiger partial charge in [-0.15, -0.1) is 0 Å². The van der Waals surface area contributed by atoms with Gasteiger partial charge in [0.05, 0.1) is 6.10 Å². The third-order valence-corrected chi connectivity index (χ3v) is 4.83. The van der Waals surface area contributed by atoms with Gasteiger partial charge in [0.2, 0.25) is 0 Å². The Balaban J connectivity index is 0.00000264. The molecule has 23 heavy (non-hydrogen) atoms. The van der Waals surface area contributed by atoms with E-state index in [4.69, 9.17) is 4.74 Å². The summed E-state index contributed by atoms with van der Waals surface area (Å²) in [5, 5.41) is 1.09. The van der Waals surface area contributed by atoms with Crippen LogP contribution < -0.4 is 28.9 Å². The van der Waals surface area contributed by atoms with Gasteiger partial charge in [0, 0.05) is 5.56 Å². The van der Waals surface area contributed by atoms with Gasteiger partial charge in [-0.25, -0.2) is 0 Å². The molecule has 0 aliphatic rings. The Kier molecular flexibility index (Phi) is 7.55. The van der Waals surface area contributed by atoms with Crippen molar-refractivity contribution in [2.45, 2.75) is 40.7 Å². The molecule has 2 nitrogen and oxygen atoms in total. The van der Waals surface area contributed by atoms with E-state index in [1.54, 1.807) is 0 Å². The topological polar surface area (TPSA) is 26.3 Å². The third-order valence-electron chi connectivity index (χ3n) is 3.53. The third kappa shape index (κ3) is 5.22. The van der Waals surface area contributed by atoms with Crippen LogP contribution in [0, 0.1) is 20.8 Å². The van der Waals surface area contributed by atoms with E-state index in [-0.39, 0.29) is 40.5 Å². The molecule has 0 saturated carbocycles. The van der Waals surface area contributed by atoms with Crippen molar-refractivity contribution >= 4 is 19.4 Å². The van der Waals surface area contributed by atoms with E-state index in [2.05, 4.69) is 0 Å². The average Bonchev–Trinajstić information content (AvgIpc) is 2.41. The molecule has 0 radical (unpaired) electrons. The molecule has 0 saturated heterocycles. The maximum atomic E-state index is 12.7. The van der Waals surface area contributed by atoms with Crippen LogP contribution in [0.2, 0.25) is 0 Å². The molecule has 0 spiro atoms. The number of aryl methyl sites for hydroxylation is 3. The number of rotatable bonds is 5. The van der Waals surface area contributed by atoms with E-state index in [0.29, 0.717) is 0 Å². The second-order valence-electron chi connectivity index (χ2n) is 5.86. The van der Waals surface area contributed by atoms with Crippen molar-refractivity contribution in [1.29, 1.82) is 0 Å². The minimum atomic E-state index is 0. The van der Waals surface area contributed by atoms with Crippen LogP contribution in [0.5, 0.6) is 5.75 Å². The number of ether oxygens (including phenoxy) is 1. The van der Waals surface area contributed by atoms with Crippen LogP contribution in [-0.2, 0) is 0 Å². The van der Waals surface area contributed by atoms with E-state index < -0.39 is 0 Å². The first-order valence-corrected chi connectivity index (χ1v) is 8.53. The van der Waals surface area contributed by atoms with Crippen LogP contribution in [0.15, 0.2) is 36.4 Å². The summed E-state index contributed by atoms with van der Waals surface area (Å²) in [5.41, 5.74) is 4.28. The van der Waals surface area contributed by atoms with Crippen molar-refractivity contribution in [2.24, 2.45) is 0 Å². The smallest absolute Gasteiger partial charge is 1.00 e. The number of carbonyl (C=O) groups is 1. The standard InChI is InChI=1S/C19H23O2P.Li.H/c1-12(2)21-16-9-10-17(15(5)11-16)22-19(20)18-13(3)7-6-8-14(18)4;;/h6-12,22H,1-5H3;;/q;+1;-1. The zero-order chi connectivity index (χ0) is 16.3. The van der Waals surface area contributed by atoms with Gasteiger partial charge in [-0.05, 0) is 77.3 Å². The van der Waals surface area contributed by atoms with E-state index >= 15 is 0 Å². The van der Waals surface area contributed by atoms with Crippen molar-refractivity contribution < 1.29 is 29.8 Å². The Morgan fingerprint density at radius 2 is 1.65 bits per heavy atom. The summed E-state index contributed by atoms with van der Waals surface area (Å²) in [6.07, 6.45) is 0.156. The molecular formula is C19H24LiO2P. The largest absolute Gasteiger partial charge is 1.00 e. The van der Waals surface area contributed by atoms with Gasteiger partial charge >= 0.3 is 18.9 Å². The minimum Gasteiger partial charge on any atom is -1.00 e. The Morgan fingerprint density at radius 3 is 2.17 bits per heavy atom. The molecule has 1 atom stereocenters. The fourth-order valence-corrected chi connectivity index (χ4v) is 3.68. The number of hydrogen-bond donors (Lipinski definition) is 0. The first kappa shape index (κ1) is 20.0. The molecule has 2 aromatic rings. The van der Waals surface area contributed by atoms with Crippen LogP contribution in [0.1, 0.15) is 42.3 Å². The summed E-state index contributed by atoms with van der Waals surface area (Å²) in [4.78, 5) is 12.7. The molecule has 4 heteroatoms. The zero-order valence-electron chi connectivity index (χ0n) is 15.9. The molecule has 2 aromatic carbocycles. The summed E-state index contributed by atoms with van der Waals surface area (Å²) in [5.74, 6) is 0.862. The van der Waals surface area contributed by atoms with Crippen LogP contribution >= 0.6 is 8.58 Å². The van der Waals surface area contributed by atoms with Gasteiger partial charge in [0.25, 0.3) is 0 Å². The van der Waals surface area contributed by atoms with Crippen molar-refractivity contribution in [1.82, 2.24) is 0 Å². The average molecular weight is 322 g/mol. The predicted molar refractivity (Wildman–Crippen MR) is 96.3 cm³/mol. The number of benzene rings is 2. The summed E-state index contributed by atoms with van der Waals surface area (Å²) < 4.78 is 5.70. The SMILES string of the molecule is Cc1cc(OC(C)C)ccc1PC(=O)c1c(C)cccc1C.[H-].[Li+]. The van der Waals surface area contributed by atoms with E-state index in [9.17, 15) is 4.79 Å². The minimum absolute atomic E-state index is 0. The normalized spacial score (nSPS) is 10.9. The molecule has 1 unspecified atom stereocenters. The second kappa shape index (κ2) is 8.70. The van der Waals surface area contributed by atoms with Crippen molar-refractivity contribution in [2.75, 3.05) is 0 Å². The predicted octanol–water partition coefficient (Wildman–Crippen LogP) is 1.66. The zero-order valence-corrected chi connectivity index (χ0v) is 15.9. The van der Waals surface area contributed by atoms with Gasteiger partial charge < -0.3 is 6.16 Å². The van der Waals surface area contributed by atoms with Gasteiger partial charge in [0.1, 0.15) is 5.75 Å². The molecule has 0 heterocycles. The molecule has 0 aromatic heterocycles. The first-order valence-electron chi connectivity index (χ1n) is 7.53. The first-order chi connectivity index (χ1) is 10.4. The molecule has 0 aliphatic carbocycles. The fraction of sp³-hybridized carbons (Fsp3) is 0.316. The van der Waals surface area contributed by atoms with Gasteiger partial charge in [-0.2, -0.15) is 0 Å². The van der Waals surface area contributed by atoms with E-state index in [0.717, 1.165) is 33.3 Å². The molecule has 2 rings (SSSR count). The Bertz CT molecular complexity index is 682. The molecule has 0 bridgehead atoms. The molecule has 0 aliphatic heterocycles. The quantitative estimate of drug-likeness (QED) is 0.618. The molecular weight excluding hydrogens is 298 g/mol. The Morgan fingerprint density at radius 1 is 1.04 bits per heavy atom. The fourth-order valence-electron chi connectivity index (χ4n) is 2.48. The van der Waals surface area contributed by atoms with E-state index in [1.807, 2.05) is 71.0 Å². The van der Waals surface area contributed by atoms with Gasteiger partial charge in [-0.3, -0.25) is 4.79 Å². The van der Waals surface area contributed by atoms with Crippen LogP contribution in [0.25, 0.3) is 0 Å². The summed E-state index contributed by atoms with van der Waals surface area (Å²) in [7, 11) is 0.145. The monoisotopic (exact) mass is 322 g/mol. The van der Waals surface area contributed by atoms with Gasteiger partial charge in [0.15, 0.2) is 5.52 Å². The maximum Gasteiger partial charge on any atom is 1.00 e. The second-order valence-corrected chi connectivity index (χ2v) is 7.11. The van der Waals surface area contributed by atoms with Crippen LogP contribution in [-0.4, -0.2) is 11.6 Å². The molecule has 118 valence electrons. The summed E-state index contributed by atoms with van der Waals surface area (Å²) in [6.45, 7) is 10.0. The summed E-state index contributed by atoms with van der Waals surface area (Å²) >= 11 is 0. The summed E-state index contributed by atoms with van der Waals surface area (Å²) in [6, 6.07) is 12.0. The molecule has 0 fully saturated rings. The number of hydrogen-bond acceptors (Lipinski definition) is 2. The number of carbonyl (C=O) groups excluding carboxylic acids is 1. The van der Waals surface area contributed by atoms with Gasteiger partial charge in [-0.1, -0.05) is 24.3 Å². The van der Waals surface area contributed by atoms with Crippen LogP contribution in [0.3, 0.4) is 0 Å². The molecule has 0 amide bonds. The Hall–Kier alpha value is -1.06. The van der Waals surface area contributed by atoms with Crippen molar-refractivity contribution in [3.63, 3.8) is 0 Å². The van der Waals surface area contributed by atoms with E-state index in [1.165, 1.54) is 0 Å². The molecule has 0 N–H and O–H groups in total. The maximum absolute atomic E-state index is 12.7. The Labute approximate surface area is 154 Å².